The first-order valence-corrected chi connectivity index (χ1v) is 7.61. The van der Waals surface area contributed by atoms with E-state index in [4.69, 9.17) is 16.7 Å². The number of aryl methyl sites for hydroxylation is 1. The third-order valence-electron chi connectivity index (χ3n) is 2.44. The predicted octanol–water partition coefficient (Wildman–Crippen LogP) is 1.21. The van der Waals surface area contributed by atoms with Gasteiger partial charge in [-0.1, -0.05) is 11.6 Å². The molecule has 21 heavy (non-hydrogen) atoms. The number of nitrogens with zero attached hydrogens (tertiary/aromatic N) is 3. The van der Waals surface area contributed by atoms with E-state index in [1.54, 1.807) is 0 Å². The van der Waals surface area contributed by atoms with E-state index in [-0.39, 0.29) is 23.7 Å². The number of nitrogens with one attached hydrogen (secondary N) is 1. The molecule has 2 N–H and O–H groups in total. The summed E-state index contributed by atoms with van der Waals surface area (Å²) in [4.78, 5) is 14.2. The van der Waals surface area contributed by atoms with Crippen LogP contribution in [0.3, 0.4) is 0 Å². The molecule has 2 aromatic rings. The maximum Gasteiger partial charge on any atom is 0.305 e. The number of aliphatic carboxylic acids is 1. The van der Waals surface area contributed by atoms with Gasteiger partial charge in [0.05, 0.1) is 24.2 Å². The molecule has 2 aromatic heterocycles. The van der Waals surface area contributed by atoms with Crippen LogP contribution in [0.15, 0.2) is 35.6 Å². The van der Waals surface area contributed by atoms with Crippen LogP contribution in [0.2, 0.25) is 5.02 Å². The quantitative estimate of drug-likeness (QED) is 0.822. The second-order valence-corrected chi connectivity index (χ2v) is 6.17. The zero-order valence-corrected chi connectivity index (χ0v) is 12.2. The lowest BCUT2D eigenvalue weighted by atomic mass is 10.4. The number of aromatic nitrogens is 3. The number of rotatable bonds is 6. The molecule has 0 saturated heterocycles. The van der Waals surface area contributed by atoms with Crippen molar-refractivity contribution in [2.24, 2.45) is 0 Å². The van der Waals surface area contributed by atoms with Crippen LogP contribution in [0.25, 0.3) is 0 Å². The Hall–Kier alpha value is -2.13. The van der Waals surface area contributed by atoms with E-state index in [1.165, 1.54) is 29.2 Å². The predicted molar refractivity (Wildman–Crippen MR) is 74.5 cm³/mol. The van der Waals surface area contributed by atoms with Gasteiger partial charge in [0.15, 0.2) is 0 Å². The minimum Gasteiger partial charge on any atom is -0.481 e. The van der Waals surface area contributed by atoms with Crippen LogP contribution >= 0.6 is 11.6 Å². The van der Waals surface area contributed by atoms with Gasteiger partial charge in [0, 0.05) is 12.4 Å². The smallest absolute Gasteiger partial charge is 0.305 e. The van der Waals surface area contributed by atoms with Crippen LogP contribution in [0.5, 0.6) is 0 Å². The molecule has 0 spiro atoms. The monoisotopic (exact) mass is 330 g/mol. The molecule has 0 atom stereocenters. The van der Waals surface area contributed by atoms with Crippen LogP contribution in [0.4, 0.5) is 5.82 Å². The average Bonchev–Trinajstić information content (AvgIpc) is 2.88. The molecule has 0 aromatic carbocycles. The summed E-state index contributed by atoms with van der Waals surface area (Å²) in [7, 11) is -3.83. The van der Waals surface area contributed by atoms with Crippen molar-refractivity contribution in [1.29, 1.82) is 0 Å². The van der Waals surface area contributed by atoms with Crippen LogP contribution in [-0.2, 0) is 21.4 Å². The van der Waals surface area contributed by atoms with Gasteiger partial charge < -0.3 is 5.11 Å². The lowest BCUT2D eigenvalue weighted by molar-refractivity contribution is -0.137. The Morgan fingerprint density at radius 3 is 2.76 bits per heavy atom. The van der Waals surface area contributed by atoms with Crippen LogP contribution < -0.4 is 4.72 Å². The number of halogens is 1. The fourth-order valence-corrected chi connectivity index (χ4v) is 2.52. The first-order valence-electron chi connectivity index (χ1n) is 5.75. The number of anilines is 1. The number of sulfonamides is 1. The molecule has 0 saturated carbocycles. The van der Waals surface area contributed by atoms with Crippen molar-refractivity contribution in [3.8, 4) is 0 Å². The highest BCUT2D eigenvalue weighted by atomic mass is 35.5. The van der Waals surface area contributed by atoms with Gasteiger partial charge in [-0.05, 0) is 12.1 Å². The first kappa shape index (κ1) is 15.3. The van der Waals surface area contributed by atoms with Crippen LogP contribution in [-0.4, -0.2) is 34.3 Å². The van der Waals surface area contributed by atoms with Gasteiger partial charge in [-0.3, -0.25) is 14.2 Å². The summed E-state index contributed by atoms with van der Waals surface area (Å²) >= 11 is 5.66. The maximum atomic E-state index is 12.1. The largest absolute Gasteiger partial charge is 0.481 e. The molecule has 2 rings (SSSR count). The summed E-state index contributed by atoms with van der Waals surface area (Å²) in [6, 6.07) is 2.93. The normalized spacial score (nSPS) is 11.3. The molecule has 0 fully saturated rings. The number of carboxylic acid groups (broad SMARTS) is 1. The highest BCUT2D eigenvalue weighted by molar-refractivity contribution is 7.92. The number of carboxylic acids is 1. The Balaban J connectivity index is 2.12. The van der Waals surface area contributed by atoms with Gasteiger partial charge in [-0.25, -0.2) is 13.4 Å². The molecular weight excluding hydrogens is 320 g/mol. The Bertz CT molecular complexity index is 742. The molecule has 8 nitrogen and oxygen atoms in total. The Morgan fingerprint density at radius 1 is 1.38 bits per heavy atom. The van der Waals surface area contributed by atoms with Gasteiger partial charge in [0.1, 0.15) is 10.7 Å². The Labute approximate surface area is 125 Å². The molecular formula is C11H11ClN4O4S. The molecule has 0 bridgehead atoms. The second-order valence-electron chi connectivity index (χ2n) is 4.05. The number of pyridine rings is 1. The van der Waals surface area contributed by atoms with E-state index < -0.39 is 16.0 Å². The van der Waals surface area contributed by atoms with E-state index in [0.29, 0.717) is 5.02 Å². The third kappa shape index (κ3) is 4.17. The van der Waals surface area contributed by atoms with Gasteiger partial charge in [0.25, 0.3) is 10.0 Å². The summed E-state index contributed by atoms with van der Waals surface area (Å²) in [6.45, 7) is 0.0873. The minimum absolute atomic E-state index is 0.0790. The molecule has 10 heteroatoms. The van der Waals surface area contributed by atoms with Crippen molar-refractivity contribution in [2.75, 3.05) is 4.72 Å². The van der Waals surface area contributed by atoms with Crippen molar-refractivity contribution in [3.63, 3.8) is 0 Å². The van der Waals surface area contributed by atoms with E-state index in [0.717, 1.165) is 6.20 Å². The number of hydrogen-bond donors (Lipinski definition) is 2. The molecule has 0 amide bonds. The summed E-state index contributed by atoms with van der Waals surface area (Å²) < 4.78 is 27.7. The van der Waals surface area contributed by atoms with Crippen molar-refractivity contribution >= 4 is 33.4 Å². The minimum atomic E-state index is -3.83. The SMILES string of the molecule is O=C(O)CCn1cc(S(=O)(=O)Nc2ccc(Cl)cn2)cn1. The fraction of sp³-hybridized carbons (Fsp3) is 0.182. The average molecular weight is 331 g/mol. The standard InChI is InChI=1S/C11H11ClN4O4S/c12-8-1-2-10(13-5-8)15-21(19,20)9-6-14-16(7-9)4-3-11(17)18/h1-2,5-7H,3-4H2,(H,13,15)(H,17,18). The van der Waals surface area contributed by atoms with Crippen molar-refractivity contribution < 1.29 is 18.3 Å². The van der Waals surface area contributed by atoms with Crippen molar-refractivity contribution in [1.82, 2.24) is 14.8 Å². The topological polar surface area (TPSA) is 114 Å². The lowest BCUT2D eigenvalue weighted by Gasteiger charge is -2.04. The molecule has 0 unspecified atom stereocenters. The summed E-state index contributed by atoms with van der Waals surface area (Å²) in [5.74, 6) is -0.865. The number of hydrogen-bond acceptors (Lipinski definition) is 5. The molecule has 2 heterocycles. The highest BCUT2D eigenvalue weighted by Crippen LogP contribution is 2.15. The Kier molecular flexibility index (Phi) is 4.43. The number of carbonyl (C=O) groups is 1. The van der Waals surface area contributed by atoms with Gasteiger partial charge in [-0.2, -0.15) is 5.10 Å². The van der Waals surface area contributed by atoms with Gasteiger partial charge in [0.2, 0.25) is 0 Å². The van der Waals surface area contributed by atoms with E-state index >= 15 is 0 Å². The second kappa shape index (κ2) is 6.10. The fourth-order valence-electron chi connectivity index (χ4n) is 1.45. The third-order valence-corrected chi connectivity index (χ3v) is 3.97. The van der Waals surface area contributed by atoms with Crippen LogP contribution in [0.1, 0.15) is 6.42 Å². The van der Waals surface area contributed by atoms with Gasteiger partial charge >= 0.3 is 5.97 Å². The molecule has 0 aliphatic rings. The van der Waals surface area contributed by atoms with Crippen LogP contribution in [0, 0.1) is 0 Å². The highest BCUT2D eigenvalue weighted by Gasteiger charge is 2.17. The molecule has 0 radical (unpaired) electrons. The zero-order chi connectivity index (χ0) is 15.5. The summed E-state index contributed by atoms with van der Waals surface area (Å²) in [5, 5.41) is 12.8. The Morgan fingerprint density at radius 2 is 2.14 bits per heavy atom. The van der Waals surface area contributed by atoms with E-state index in [9.17, 15) is 13.2 Å². The molecule has 112 valence electrons. The maximum absolute atomic E-state index is 12.1. The van der Waals surface area contributed by atoms with Gasteiger partial charge in [-0.15, -0.1) is 0 Å². The van der Waals surface area contributed by atoms with E-state index in [1.807, 2.05) is 0 Å². The van der Waals surface area contributed by atoms with Crippen molar-refractivity contribution in [3.05, 3.63) is 35.7 Å². The molecule has 0 aliphatic carbocycles. The van der Waals surface area contributed by atoms with E-state index in [2.05, 4.69) is 14.8 Å². The van der Waals surface area contributed by atoms with Crippen molar-refractivity contribution in [2.45, 2.75) is 17.9 Å². The molecule has 0 aliphatic heterocycles. The zero-order valence-electron chi connectivity index (χ0n) is 10.6. The lowest BCUT2D eigenvalue weighted by Crippen LogP contribution is -2.13. The first-order chi connectivity index (χ1) is 9.87. The summed E-state index contributed by atoms with van der Waals surface area (Å²) in [6.07, 6.45) is 3.56. The summed E-state index contributed by atoms with van der Waals surface area (Å²) in [5.41, 5.74) is 0.